The topological polar surface area (TPSA) is 15.3 Å². The number of likely N-dealkylation sites (N-methyl/N-ethyl adjacent to an activating group) is 1. The van der Waals surface area contributed by atoms with Crippen molar-refractivity contribution in [3.05, 3.63) is 33.8 Å². The van der Waals surface area contributed by atoms with E-state index in [1.807, 2.05) is 0 Å². The van der Waals surface area contributed by atoms with E-state index in [-0.39, 0.29) is 5.54 Å². The smallest absolute Gasteiger partial charge is 0.0231 e. The summed E-state index contributed by atoms with van der Waals surface area (Å²) in [5, 5.41) is 3.51. The molecule has 0 aliphatic carbocycles. The Morgan fingerprint density at radius 1 is 1.28 bits per heavy atom. The van der Waals surface area contributed by atoms with E-state index in [4.69, 9.17) is 0 Å². The molecule has 0 aliphatic rings. The maximum absolute atomic E-state index is 3.54. The van der Waals surface area contributed by atoms with Gasteiger partial charge in [-0.1, -0.05) is 28.1 Å². The van der Waals surface area contributed by atoms with Crippen LogP contribution in [-0.2, 0) is 6.54 Å². The van der Waals surface area contributed by atoms with Crippen molar-refractivity contribution in [1.29, 1.82) is 0 Å². The number of hydrogen-bond donors (Lipinski definition) is 1. The molecule has 0 spiro atoms. The SMILES string of the molecule is Cc1cc(CN(C)CCNC(C)(C)C)ccc1Br. The quantitative estimate of drug-likeness (QED) is 0.894. The van der Waals surface area contributed by atoms with Gasteiger partial charge in [-0.2, -0.15) is 0 Å². The molecule has 0 radical (unpaired) electrons. The largest absolute Gasteiger partial charge is 0.311 e. The molecule has 0 saturated carbocycles. The third-order valence-electron chi connectivity index (χ3n) is 2.82. The van der Waals surface area contributed by atoms with Crippen molar-refractivity contribution >= 4 is 15.9 Å². The van der Waals surface area contributed by atoms with Gasteiger partial charge in [-0.15, -0.1) is 0 Å². The van der Waals surface area contributed by atoms with Gasteiger partial charge in [-0.25, -0.2) is 0 Å². The van der Waals surface area contributed by atoms with Gasteiger partial charge in [0.05, 0.1) is 0 Å². The average molecular weight is 313 g/mol. The summed E-state index contributed by atoms with van der Waals surface area (Å²) in [6, 6.07) is 6.56. The molecule has 0 amide bonds. The van der Waals surface area contributed by atoms with Gasteiger partial charge < -0.3 is 10.2 Å². The average Bonchev–Trinajstić information content (AvgIpc) is 2.21. The lowest BCUT2D eigenvalue weighted by Gasteiger charge is -2.23. The Balaban J connectivity index is 2.40. The van der Waals surface area contributed by atoms with Gasteiger partial charge in [0.2, 0.25) is 0 Å². The fourth-order valence-corrected chi connectivity index (χ4v) is 2.06. The lowest BCUT2D eigenvalue weighted by atomic mass is 10.1. The zero-order chi connectivity index (χ0) is 13.8. The van der Waals surface area contributed by atoms with Gasteiger partial charge in [-0.3, -0.25) is 0 Å². The van der Waals surface area contributed by atoms with E-state index >= 15 is 0 Å². The molecule has 3 heteroatoms. The van der Waals surface area contributed by atoms with Crippen LogP contribution in [0.3, 0.4) is 0 Å². The van der Waals surface area contributed by atoms with Gasteiger partial charge in [0, 0.05) is 29.6 Å². The van der Waals surface area contributed by atoms with Crippen LogP contribution in [0.1, 0.15) is 31.9 Å². The first-order chi connectivity index (χ1) is 8.28. The molecule has 1 N–H and O–H groups in total. The number of benzene rings is 1. The van der Waals surface area contributed by atoms with Crippen molar-refractivity contribution in [2.45, 2.75) is 39.8 Å². The number of rotatable bonds is 5. The number of nitrogens with one attached hydrogen (secondary N) is 1. The summed E-state index contributed by atoms with van der Waals surface area (Å²) in [6.07, 6.45) is 0. The summed E-state index contributed by atoms with van der Waals surface area (Å²) in [7, 11) is 2.17. The molecule has 0 unspecified atom stereocenters. The first-order valence-electron chi connectivity index (χ1n) is 6.46. The molecule has 2 nitrogen and oxygen atoms in total. The molecule has 0 bridgehead atoms. The summed E-state index contributed by atoms with van der Waals surface area (Å²) < 4.78 is 1.18. The second kappa shape index (κ2) is 6.69. The van der Waals surface area contributed by atoms with Crippen LogP contribution in [0.15, 0.2) is 22.7 Å². The lowest BCUT2D eigenvalue weighted by Crippen LogP contribution is -2.40. The number of aryl methyl sites for hydroxylation is 1. The molecular formula is C15H25BrN2. The standard InChI is InChI=1S/C15H25BrN2/c1-12-10-13(6-7-14(12)16)11-18(5)9-8-17-15(2,3)4/h6-7,10,17H,8-9,11H2,1-5H3. The highest BCUT2D eigenvalue weighted by molar-refractivity contribution is 9.10. The third-order valence-corrected chi connectivity index (χ3v) is 3.71. The highest BCUT2D eigenvalue weighted by Gasteiger charge is 2.08. The molecule has 0 heterocycles. The fourth-order valence-electron chi connectivity index (χ4n) is 1.82. The van der Waals surface area contributed by atoms with Gasteiger partial charge in [-0.05, 0) is 51.9 Å². The van der Waals surface area contributed by atoms with Crippen LogP contribution < -0.4 is 5.32 Å². The van der Waals surface area contributed by atoms with E-state index in [1.165, 1.54) is 15.6 Å². The van der Waals surface area contributed by atoms with Crippen molar-refractivity contribution in [2.24, 2.45) is 0 Å². The monoisotopic (exact) mass is 312 g/mol. The molecule has 1 aromatic carbocycles. The second-order valence-electron chi connectivity index (χ2n) is 6.00. The van der Waals surface area contributed by atoms with Crippen LogP contribution in [0.2, 0.25) is 0 Å². The fraction of sp³-hybridized carbons (Fsp3) is 0.600. The van der Waals surface area contributed by atoms with Crippen molar-refractivity contribution in [1.82, 2.24) is 10.2 Å². The molecule has 0 aliphatic heterocycles. The minimum absolute atomic E-state index is 0.203. The molecular weight excluding hydrogens is 288 g/mol. The van der Waals surface area contributed by atoms with Crippen LogP contribution in [0.4, 0.5) is 0 Å². The summed E-state index contributed by atoms with van der Waals surface area (Å²) in [6.45, 7) is 11.8. The van der Waals surface area contributed by atoms with Gasteiger partial charge >= 0.3 is 0 Å². The van der Waals surface area contributed by atoms with Crippen LogP contribution in [0.5, 0.6) is 0 Å². The summed E-state index contributed by atoms with van der Waals surface area (Å²) >= 11 is 3.54. The van der Waals surface area contributed by atoms with Crippen molar-refractivity contribution < 1.29 is 0 Å². The Kier molecular flexibility index (Phi) is 5.83. The molecule has 0 fully saturated rings. The molecule has 0 aromatic heterocycles. The number of hydrogen-bond acceptors (Lipinski definition) is 2. The Bertz CT molecular complexity index is 383. The zero-order valence-electron chi connectivity index (χ0n) is 12.2. The maximum Gasteiger partial charge on any atom is 0.0231 e. The minimum Gasteiger partial charge on any atom is -0.311 e. The molecule has 18 heavy (non-hydrogen) atoms. The van der Waals surface area contributed by atoms with Crippen molar-refractivity contribution in [3.8, 4) is 0 Å². The van der Waals surface area contributed by atoms with Gasteiger partial charge in [0.1, 0.15) is 0 Å². The van der Waals surface area contributed by atoms with Gasteiger partial charge in [0.15, 0.2) is 0 Å². The van der Waals surface area contributed by atoms with Crippen LogP contribution >= 0.6 is 15.9 Å². The summed E-state index contributed by atoms with van der Waals surface area (Å²) in [5.41, 5.74) is 2.87. The van der Waals surface area contributed by atoms with E-state index in [0.717, 1.165) is 19.6 Å². The Morgan fingerprint density at radius 3 is 2.50 bits per heavy atom. The zero-order valence-corrected chi connectivity index (χ0v) is 13.8. The molecule has 0 saturated heterocycles. The first-order valence-corrected chi connectivity index (χ1v) is 7.26. The number of nitrogens with zero attached hydrogens (tertiary/aromatic N) is 1. The lowest BCUT2D eigenvalue weighted by molar-refractivity contribution is 0.303. The second-order valence-corrected chi connectivity index (χ2v) is 6.85. The number of halogens is 1. The third kappa shape index (κ3) is 5.98. The van der Waals surface area contributed by atoms with Crippen LogP contribution in [0, 0.1) is 6.92 Å². The highest BCUT2D eigenvalue weighted by Crippen LogP contribution is 2.17. The predicted molar refractivity (Wildman–Crippen MR) is 83.0 cm³/mol. The Labute approximate surface area is 120 Å². The van der Waals surface area contributed by atoms with Crippen LogP contribution in [0.25, 0.3) is 0 Å². The predicted octanol–water partition coefficient (Wildman–Crippen LogP) is 3.58. The van der Waals surface area contributed by atoms with Crippen molar-refractivity contribution in [2.75, 3.05) is 20.1 Å². The van der Waals surface area contributed by atoms with E-state index < -0.39 is 0 Å². The Hall–Kier alpha value is -0.380. The van der Waals surface area contributed by atoms with Gasteiger partial charge in [0.25, 0.3) is 0 Å². The molecule has 102 valence electrons. The minimum atomic E-state index is 0.203. The van der Waals surface area contributed by atoms with E-state index in [2.05, 4.69) is 79.1 Å². The molecule has 1 aromatic rings. The molecule has 0 atom stereocenters. The first kappa shape index (κ1) is 15.7. The van der Waals surface area contributed by atoms with E-state index in [0.29, 0.717) is 0 Å². The van der Waals surface area contributed by atoms with E-state index in [9.17, 15) is 0 Å². The highest BCUT2D eigenvalue weighted by atomic mass is 79.9. The van der Waals surface area contributed by atoms with Crippen LogP contribution in [-0.4, -0.2) is 30.6 Å². The normalized spacial score (nSPS) is 12.2. The van der Waals surface area contributed by atoms with Crippen molar-refractivity contribution in [3.63, 3.8) is 0 Å². The molecule has 1 rings (SSSR count). The Morgan fingerprint density at radius 2 is 1.94 bits per heavy atom. The van der Waals surface area contributed by atoms with E-state index in [1.54, 1.807) is 0 Å². The summed E-state index contributed by atoms with van der Waals surface area (Å²) in [5.74, 6) is 0. The summed E-state index contributed by atoms with van der Waals surface area (Å²) in [4.78, 5) is 2.35. The maximum atomic E-state index is 3.54.